The predicted octanol–water partition coefficient (Wildman–Crippen LogP) is 3.63. The van der Waals surface area contributed by atoms with Crippen molar-refractivity contribution in [3.8, 4) is 5.75 Å². The molecule has 0 aliphatic carbocycles. The number of rotatable bonds is 3. The van der Waals surface area contributed by atoms with Crippen LogP contribution < -0.4 is 4.74 Å². The molecule has 2 rings (SSSR count). The minimum absolute atomic E-state index is 0.366. The number of hydrogen-bond acceptors (Lipinski definition) is 3. The second-order valence-electron chi connectivity index (χ2n) is 4.04. The van der Waals surface area contributed by atoms with Crippen LogP contribution in [0.2, 0.25) is 0 Å². The van der Waals surface area contributed by atoms with Gasteiger partial charge in [0, 0.05) is 9.13 Å². The van der Waals surface area contributed by atoms with E-state index in [9.17, 15) is 9.59 Å². The Morgan fingerprint density at radius 2 is 2.00 bits per heavy atom. The summed E-state index contributed by atoms with van der Waals surface area (Å²) < 4.78 is 6.24. The van der Waals surface area contributed by atoms with E-state index in [4.69, 9.17) is 4.74 Å². The molecule has 0 atom stereocenters. The molecule has 0 aliphatic rings. The van der Waals surface area contributed by atoms with Gasteiger partial charge < -0.3 is 4.74 Å². The van der Waals surface area contributed by atoms with Crippen molar-refractivity contribution in [1.29, 1.82) is 0 Å². The average molecular weight is 366 g/mol. The van der Waals surface area contributed by atoms with Gasteiger partial charge in [-0.15, -0.1) is 0 Å². The van der Waals surface area contributed by atoms with Crippen LogP contribution in [0.4, 0.5) is 0 Å². The molecule has 0 unspecified atom stereocenters. The fraction of sp³-hybridized carbons (Fsp3) is 0.0667. The van der Waals surface area contributed by atoms with Crippen LogP contribution >= 0.6 is 22.6 Å². The first kappa shape index (κ1) is 13.7. The second-order valence-corrected chi connectivity index (χ2v) is 5.21. The molecule has 0 radical (unpaired) electrons. The lowest BCUT2D eigenvalue weighted by Gasteiger charge is -2.06. The Bertz CT molecular complexity index is 635. The number of carbonyl (C=O) groups excluding carboxylic acids is 2. The molecule has 2 aromatic carbocycles. The summed E-state index contributed by atoms with van der Waals surface area (Å²) in [5, 5.41) is 0. The highest BCUT2D eigenvalue weighted by Gasteiger charge is 2.10. The smallest absolute Gasteiger partial charge is 0.343 e. The van der Waals surface area contributed by atoms with Gasteiger partial charge in [-0.25, -0.2) is 4.79 Å². The van der Waals surface area contributed by atoms with E-state index in [1.165, 1.54) is 6.07 Å². The highest BCUT2D eigenvalue weighted by Crippen LogP contribution is 2.17. The lowest BCUT2D eigenvalue weighted by molar-refractivity contribution is 0.0734. The molecule has 0 fully saturated rings. The molecule has 0 aliphatic heterocycles. The second kappa shape index (κ2) is 5.97. The van der Waals surface area contributed by atoms with E-state index in [1.807, 2.05) is 13.0 Å². The van der Waals surface area contributed by atoms with Crippen LogP contribution in [0.15, 0.2) is 42.5 Å². The molecule has 2 aromatic rings. The number of aryl methyl sites for hydroxylation is 1. The molecule has 0 amide bonds. The van der Waals surface area contributed by atoms with Crippen LogP contribution in [0.3, 0.4) is 0 Å². The first-order valence-electron chi connectivity index (χ1n) is 5.64. The summed E-state index contributed by atoms with van der Waals surface area (Å²) in [6, 6.07) is 11.9. The van der Waals surface area contributed by atoms with Crippen molar-refractivity contribution in [2.24, 2.45) is 0 Å². The fourth-order valence-electron chi connectivity index (χ4n) is 1.54. The van der Waals surface area contributed by atoms with Crippen LogP contribution in [-0.4, -0.2) is 12.3 Å². The molecule has 0 spiro atoms. The first-order valence-corrected chi connectivity index (χ1v) is 6.71. The van der Waals surface area contributed by atoms with Crippen LogP contribution in [-0.2, 0) is 0 Å². The van der Waals surface area contributed by atoms with E-state index in [1.54, 1.807) is 30.3 Å². The molecule has 3 nitrogen and oxygen atoms in total. The molecule has 96 valence electrons. The van der Waals surface area contributed by atoms with Gasteiger partial charge in [0.1, 0.15) is 12.0 Å². The third-order valence-electron chi connectivity index (χ3n) is 2.61. The first-order chi connectivity index (χ1) is 9.10. The molecule has 0 heterocycles. The summed E-state index contributed by atoms with van der Waals surface area (Å²) in [6.07, 6.45) is 0.714. The zero-order chi connectivity index (χ0) is 13.8. The van der Waals surface area contributed by atoms with E-state index >= 15 is 0 Å². The Labute approximate surface area is 124 Å². The highest BCUT2D eigenvalue weighted by atomic mass is 127. The standard InChI is InChI=1S/C15H11IO3/c1-10-5-6-12(8-14(10)16)15(18)19-13-4-2-3-11(7-13)9-17/h2-9H,1H3. The SMILES string of the molecule is Cc1ccc(C(=O)Oc2cccc(C=O)c2)cc1I. The number of carbonyl (C=O) groups is 2. The summed E-state index contributed by atoms with van der Waals surface area (Å²) in [6.45, 7) is 1.98. The molecule has 0 saturated heterocycles. The van der Waals surface area contributed by atoms with Crippen molar-refractivity contribution in [1.82, 2.24) is 0 Å². The number of benzene rings is 2. The minimum Gasteiger partial charge on any atom is -0.423 e. The largest absolute Gasteiger partial charge is 0.423 e. The molecule has 0 bridgehead atoms. The van der Waals surface area contributed by atoms with E-state index in [2.05, 4.69) is 22.6 Å². The Hall–Kier alpha value is -1.69. The summed E-state index contributed by atoms with van der Waals surface area (Å²) in [4.78, 5) is 22.6. The van der Waals surface area contributed by atoms with Crippen LogP contribution in [0.5, 0.6) is 5.75 Å². The number of esters is 1. The van der Waals surface area contributed by atoms with Crippen LogP contribution in [0, 0.1) is 10.5 Å². The molecule has 0 N–H and O–H groups in total. The van der Waals surface area contributed by atoms with Crippen molar-refractivity contribution in [3.05, 3.63) is 62.7 Å². The van der Waals surface area contributed by atoms with Crippen molar-refractivity contribution in [3.63, 3.8) is 0 Å². The van der Waals surface area contributed by atoms with E-state index in [0.717, 1.165) is 9.13 Å². The topological polar surface area (TPSA) is 43.4 Å². The monoisotopic (exact) mass is 366 g/mol. The Morgan fingerprint density at radius 1 is 1.21 bits per heavy atom. The lowest BCUT2D eigenvalue weighted by atomic mass is 10.1. The van der Waals surface area contributed by atoms with Gasteiger partial charge in [-0.3, -0.25) is 4.79 Å². The predicted molar refractivity (Wildman–Crippen MR) is 80.7 cm³/mol. The number of hydrogen-bond donors (Lipinski definition) is 0. The zero-order valence-corrected chi connectivity index (χ0v) is 12.4. The summed E-state index contributed by atoms with van der Waals surface area (Å²) >= 11 is 2.17. The summed E-state index contributed by atoms with van der Waals surface area (Å²) in [5.41, 5.74) is 2.08. The van der Waals surface area contributed by atoms with Gasteiger partial charge in [-0.1, -0.05) is 18.2 Å². The molecule has 4 heteroatoms. The lowest BCUT2D eigenvalue weighted by Crippen LogP contribution is -2.09. The molecule has 0 aromatic heterocycles. The fourth-order valence-corrected chi connectivity index (χ4v) is 2.05. The molecular formula is C15H11IO3. The molecule has 0 saturated carbocycles. The summed E-state index contributed by atoms with van der Waals surface area (Å²) in [5.74, 6) is -0.0638. The van der Waals surface area contributed by atoms with Gasteiger partial charge in [0.15, 0.2) is 0 Å². The number of ether oxygens (including phenoxy) is 1. The minimum atomic E-state index is -0.430. The van der Waals surface area contributed by atoms with E-state index < -0.39 is 5.97 Å². The Kier molecular flexibility index (Phi) is 4.31. The number of aldehydes is 1. The van der Waals surface area contributed by atoms with Crippen molar-refractivity contribution in [2.75, 3.05) is 0 Å². The van der Waals surface area contributed by atoms with Gasteiger partial charge in [-0.2, -0.15) is 0 Å². The third kappa shape index (κ3) is 3.41. The summed E-state index contributed by atoms with van der Waals surface area (Å²) in [7, 11) is 0. The Morgan fingerprint density at radius 3 is 2.68 bits per heavy atom. The van der Waals surface area contributed by atoms with Crippen LogP contribution in [0.1, 0.15) is 26.3 Å². The molecular weight excluding hydrogens is 355 g/mol. The maximum Gasteiger partial charge on any atom is 0.343 e. The normalized spacial score (nSPS) is 10.0. The number of halogens is 1. The van der Waals surface area contributed by atoms with Crippen molar-refractivity contribution >= 4 is 34.8 Å². The van der Waals surface area contributed by atoms with Gasteiger partial charge in [0.25, 0.3) is 0 Å². The Balaban J connectivity index is 2.20. The van der Waals surface area contributed by atoms with Crippen molar-refractivity contribution < 1.29 is 14.3 Å². The third-order valence-corrected chi connectivity index (χ3v) is 3.77. The maximum atomic E-state index is 12.0. The van der Waals surface area contributed by atoms with Crippen LogP contribution in [0.25, 0.3) is 0 Å². The maximum absolute atomic E-state index is 12.0. The highest BCUT2D eigenvalue weighted by molar-refractivity contribution is 14.1. The van der Waals surface area contributed by atoms with E-state index in [0.29, 0.717) is 23.2 Å². The molecule has 19 heavy (non-hydrogen) atoms. The quantitative estimate of drug-likeness (QED) is 0.361. The zero-order valence-electron chi connectivity index (χ0n) is 10.2. The van der Waals surface area contributed by atoms with E-state index in [-0.39, 0.29) is 0 Å². The van der Waals surface area contributed by atoms with Crippen molar-refractivity contribution in [2.45, 2.75) is 6.92 Å². The van der Waals surface area contributed by atoms with Gasteiger partial charge in [-0.05, 0) is 59.3 Å². The average Bonchev–Trinajstić information content (AvgIpc) is 2.42. The van der Waals surface area contributed by atoms with Gasteiger partial charge in [0.2, 0.25) is 0 Å². The van der Waals surface area contributed by atoms with Gasteiger partial charge >= 0.3 is 5.97 Å². The van der Waals surface area contributed by atoms with Gasteiger partial charge in [0.05, 0.1) is 5.56 Å².